The predicted octanol–water partition coefficient (Wildman–Crippen LogP) is 6.54. The van der Waals surface area contributed by atoms with Gasteiger partial charge in [0.1, 0.15) is 0 Å². The molecule has 182 valence electrons. The van der Waals surface area contributed by atoms with Gasteiger partial charge in [0.2, 0.25) is 0 Å². The Bertz CT molecular complexity index is 1320. The molecule has 0 saturated carbocycles. The average molecular weight is 550 g/mol. The number of benzene rings is 3. The molecule has 35 heavy (non-hydrogen) atoms. The molecule has 1 saturated heterocycles. The van der Waals surface area contributed by atoms with Crippen LogP contribution in [0.5, 0.6) is 0 Å². The van der Waals surface area contributed by atoms with E-state index in [1.807, 2.05) is 50.2 Å². The highest BCUT2D eigenvalue weighted by Crippen LogP contribution is 2.41. The topological polar surface area (TPSA) is 96.9 Å². The number of amides is 4. The summed E-state index contributed by atoms with van der Waals surface area (Å²) in [5.74, 6) is 0. The zero-order valence-corrected chi connectivity index (χ0v) is 21.7. The molecular formula is C23H21Cl2N5O3S2. The first-order valence-corrected chi connectivity index (χ1v) is 12.4. The Labute approximate surface area is 221 Å². The van der Waals surface area contributed by atoms with E-state index in [4.69, 9.17) is 35.4 Å². The number of rotatable bonds is 4. The average Bonchev–Trinajstić information content (AvgIpc) is 3.03. The molecule has 0 bridgehead atoms. The van der Waals surface area contributed by atoms with E-state index in [2.05, 4.69) is 16.1 Å². The fourth-order valence-corrected chi connectivity index (χ4v) is 5.80. The van der Waals surface area contributed by atoms with Crippen LogP contribution >= 0.6 is 47.2 Å². The second-order valence-corrected chi connectivity index (χ2v) is 11.3. The van der Waals surface area contributed by atoms with Crippen molar-refractivity contribution in [2.24, 2.45) is 0 Å². The van der Waals surface area contributed by atoms with E-state index in [0.717, 1.165) is 10.8 Å². The Balaban J connectivity index is 1.52. The smallest absolute Gasteiger partial charge is 0.307 e. The Hall–Kier alpha value is -2.76. The third kappa shape index (κ3) is 5.41. The summed E-state index contributed by atoms with van der Waals surface area (Å²) < 4.78 is -0.472. The van der Waals surface area contributed by atoms with Crippen LogP contribution in [-0.4, -0.2) is 42.6 Å². The lowest BCUT2D eigenvalue weighted by atomic mass is 10.1. The van der Waals surface area contributed by atoms with Crippen LogP contribution in [0.4, 0.5) is 21.0 Å². The van der Waals surface area contributed by atoms with E-state index in [1.54, 1.807) is 18.2 Å². The molecule has 1 aliphatic heterocycles. The molecule has 0 unspecified atom stereocenters. The quantitative estimate of drug-likeness (QED) is 0.167. The second-order valence-electron chi connectivity index (χ2n) is 8.21. The summed E-state index contributed by atoms with van der Waals surface area (Å²) in [5, 5.41) is 20.5. The van der Waals surface area contributed by atoms with Gasteiger partial charge in [0.25, 0.3) is 0 Å². The minimum absolute atomic E-state index is 0.279. The fraction of sp³-hybridized carbons (Fsp3) is 0.174. The number of fused-ring (bicyclic) bond motifs is 1. The molecule has 1 aliphatic rings. The lowest BCUT2D eigenvalue weighted by Gasteiger charge is -2.36. The summed E-state index contributed by atoms with van der Waals surface area (Å²) in [6.07, 6.45) is -1.01. The molecule has 0 aliphatic carbocycles. The van der Waals surface area contributed by atoms with Crippen LogP contribution in [-0.2, 0) is 0 Å². The lowest BCUT2D eigenvalue weighted by Crippen LogP contribution is -2.60. The third-order valence-electron chi connectivity index (χ3n) is 5.28. The number of nitrogens with one attached hydrogen (secondary N) is 3. The summed E-state index contributed by atoms with van der Waals surface area (Å²) >= 11 is 18.6. The van der Waals surface area contributed by atoms with E-state index in [-0.39, 0.29) is 9.34 Å². The van der Waals surface area contributed by atoms with Crippen LogP contribution in [0.2, 0.25) is 10.0 Å². The maximum atomic E-state index is 13.1. The maximum Gasteiger partial charge on any atom is 0.347 e. The Morgan fingerprint density at radius 2 is 1.77 bits per heavy atom. The maximum absolute atomic E-state index is 13.1. The monoisotopic (exact) mass is 549 g/mol. The molecule has 3 aromatic rings. The van der Waals surface area contributed by atoms with Crippen LogP contribution in [0.25, 0.3) is 10.8 Å². The zero-order chi connectivity index (χ0) is 25.3. The summed E-state index contributed by atoms with van der Waals surface area (Å²) in [5.41, 5.74) is 3.55. The summed E-state index contributed by atoms with van der Waals surface area (Å²) in [4.78, 5) is 25.7. The molecule has 0 aromatic heterocycles. The number of hydrogen-bond donors (Lipinski definition) is 4. The van der Waals surface area contributed by atoms with Gasteiger partial charge in [-0.3, -0.25) is 5.21 Å². The molecule has 12 heteroatoms. The molecule has 0 spiro atoms. The summed E-state index contributed by atoms with van der Waals surface area (Å²) in [6, 6.07) is 16.3. The van der Waals surface area contributed by atoms with E-state index in [9.17, 15) is 14.8 Å². The number of hydrogen-bond acceptors (Lipinski definition) is 5. The third-order valence-corrected chi connectivity index (χ3v) is 7.58. The van der Waals surface area contributed by atoms with Crippen molar-refractivity contribution in [3.05, 3.63) is 70.7 Å². The van der Waals surface area contributed by atoms with Gasteiger partial charge in [0.05, 0.1) is 20.5 Å². The SMILES string of the molecule is CC1(C)SC(=S)N(NC(=O)Nc2ccc(Cl)c(Cl)c2)[C@H]1N(O)C(=O)Nc1cccc2ccccc12. The van der Waals surface area contributed by atoms with Crippen LogP contribution in [0.3, 0.4) is 0 Å². The Morgan fingerprint density at radius 3 is 2.51 bits per heavy atom. The number of thioether (sulfide) groups is 1. The largest absolute Gasteiger partial charge is 0.347 e. The first-order chi connectivity index (χ1) is 16.6. The van der Waals surface area contributed by atoms with E-state index < -0.39 is 23.0 Å². The number of carbonyl (C=O) groups excluding carboxylic acids is 2. The minimum atomic E-state index is -1.01. The number of nitrogens with zero attached hydrogens (tertiary/aromatic N) is 2. The van der Waals surface area contributed by atoms with Gasteiger partial charge in [-0.1, -0.05) is 83.6 Å². The summed E-state index contributed by atoms with van der Waals surface area (Å²) in [7, 11) is 0. The zero-order valence-electron chi connectivity index (χ0n) is 18.6. The number of urea groups is 2. The molecule has 3 aromatic carbocycles. The van der Waals surface area contributed by atoms with Gasteiger partial charge in [-0.05, 0) is 43.5 Å². The second kappa shape index (κ2) is 10.1. The van der Waals surface area contributed by atoms with Crippen LogP contribution in [0, 0.1) is 0 Å². The van der Waals surface area contributed by atoms with Crippen molar-refractivity contribution in [2.45, 2.75) is 24.8 Å². The van der Waals surface area contributed by atoms with Gasteiger partial charge in [-0.25, -0.2) is 20.0 Å². The van der Waals surface area contributed by atoms with Crippen LogP contribution < -0.4 is 16.1 Å². The van der Waals surface area contributed by atoms with Gasteiger partial charge in [-0.15, -0.1) is 0 Å². The molecule has 4 amide bonds. The number of hydrazine groups is 1. The minimum Gasteiger partial charge on any atom is -0.307 e. The van der Waals surface area contributed by atoms with Gasteiger partial charge in [-0.2, -0.15) is 5.06 Å². The van der Waals surface area contributed by atoms with E-state index in [0.29, 0.717) is 21.5 Å². The molecule has 1 fully saturated rings. The Morgan fingerprint density at radius 1 is 1.06 bits per heavy atom. The van der Waals surface area contributed by atoms with Gasteiger partial charge < -0.3 is 10.6 Å². The molecule has 0 radical (unpaired) electrons. The molecule has 1 heterocycles. The summed E-state index contributed by atoms with van der Waals surface area (Å²) in [6.45, 7) is 3.61. The van der Waals surface area contributed by atoms with Crippen molar-refractivity contribution in [1.29, 1.82) is 0 Å². The lowest BCUT2D eigenvalue weighted by molar-refractivity contribution is -0.120. The highest BCUT2D eigenvalue weighted by atomic mass is 35.5. The van der Waals surface area contributed by atoms with Crippen LogP contribution in [0.15, 0.2) is 60.7 Å². The van der Waals surface area contributed by atoms with Crippen molar-refractivity contribution >= 4 is 85.7 Å². The first-order valence-electron chi connectivity index (χ1n) is 10.4. The van der Waals surface area contributed by atoms with E-state index >= 15 is 0 Å². The standard InChI is InChI=1S/C23H21Cl2N5O3S2/c1-23(2)19(30(33)21(32)27-18-9-5-7-13-6-3-4-8-15(13)18)29(22(34)35-23)28-20(31)26-14-10-11-16(24)17(25)12-14/h3-12,19,33H,1-2H3,(H,27,32)(H2,26,28,31)/t19-/m0/s1. The van der Waals surface area contributed by atoms with Crippen molar-refractivity contribution in [2.75, 3.05) is 10.6 Å². The highest BCUT2D eigenvalue weighted by Gasteiger charge is 2.50. The van der Waals surface area contributed by atoms with Crippen molar-refractivity contribution in [3.8, 4) is 0 Å². The van der Waals surface area contributed by atoms with Gasteiger partial charge >= 0.3 is 12.1 Å². The number of carbonyl (C=O) groups is 2. The molecule has 8 nitrogen and oxygen atoms in total. The first kappa shape index (κ1) is 25.3. The van der Waals surface area contributed by atoms with Crippen molar-refractivity contribution in [3.63, 3.8) is 0 Å². The Kier molecular flexibility index (Phi) is 7.30. The molecule has 4 rings (SSSR count). The van der Waals surface area contributed by atoms with Gasteiger partial charge in [0, 0.05) is 11.1 Å². The van der Waals surface area contributed by atoms with Crippen LogP contribution in [0.1, 0.15) is 13.8 Å². The van der Waals surface area contributed by atoms with Gasteiger partial charge in [0.15, 0.2) is 10.5 Å². The highest BCUT2D eigenvalue weighted by molar-refractivity contribution is 8.24. The molecular weight excluding hydrogens is 529 g/mol. The normalized spacial score (nSPS) is 16.8. The fourth-order valence-electron chi connectivity index (χ4n) is 3.71. The number of hydroxylamine groups is 2. The van der Waals surface area contributed by atoms with Crippen molar-refractivity contribution in [1.82, 2.24) is 15.5 Å². The number of thiocarbonyl (C=S) groups is 1. The predicted molar refractivity (Wildman–Crippen MR) is 145 cm³/mol. The van der Waals surface area contributed by atoms with Crippen molar-refractivity contribution < 1.29 is 14.8 Å². The number of anilines is 2. The molecule has 4 N–H and O–H groups in total. The number of halogens is 2. The van der Waals surface area contributed by atoms with E-state index in [1.165, 1.54) is 22.8 Å². The molecule has 1 atom stereocenters.